The predicted molar refractivity (Wildman–Crippen MR) is 96.7 cm³/mol. The van der Waals surface area contributed by atoms with Gasteiger partial charge in [0.25, 0.3) is 5.91 Å². The number of halogens is 3. The minimum absolute atomic E-state index is 0.0794. The quantitative estimate of drug-likeness (QED) is 0.682. The Balaban J connectivity index is 1.47. The highest BCUT2D eigenvalue weighted by Gasteiger charge is 2.30. The molecular formula is C19H13F3N2O2S. The summed E-state index contributed by atoms with van der Waals surface area (Å²) >= 11 is 1.45. The molecule has 0 spiro atoms. The van der Waals surface area contributed by atoms with Crippen LogP contribution in [0.3, 0.4) is 0 Å². The number of aromatic nitrogens is 1. The van der Waals surface area contributed by atoms with Crippen LogP contribution in [0, 0.1) is 11.8 Å². The first kappa shape index (κ1) is 18.7. The zero-order valence-corrected chi connectivity index (χ0v) is 14.7. The molecule has 0 aliphatic carbocycles. The number of benzene rings is 2. The van der Waals surface area contributed by atoms with Gasteiger partial charge in [0.15, 0.2) is 0 Å². The number of nitrogens with one attached hydrogen (secondary N) is 1. The van der Waals surface area contributed by atoms with E-state index in [4.69, 9.17) is 4.74 Å². The average Bonchev–Trinajstić information content (AvgIpc) is 3.11. The summed E-state index contributed by atoms with van der Waals surface area (Å²) < 4.78 is 43.9. The fourth-order valence-electron chi connectivity index (χ4n) is 2.22. The van der Waals surface area contributed by atoms with Crippen molar-refractivity contribution in [3.63, 3.8) is 0 Å². The average molecular weight is 390 g/mol. The van der Waals surface area contributed by atoms with Crippen molar-refractivity contribution in [1.82, 2.24) is 10.3 Å². The third kappa shape index (κ3) is 4.99. The highest BCUT2D eigenvalue weighted by Crippen LogP contribution is 2.31. The van der Waals surface area contributed by atoms with Crippen molar-refractivity contribution >= 4 is 27.5 Å². The van der Waals surface area contributed by atoms with E-state index in [1.165, 1.54) is 23.5 Å². The van der Waals surface area contributed by atoms with Crippen molar-refractivity contribution in [3.05, 3.63) is 59.1 Å². The Kier molecular flexibility index (Phi) is 5.62. The number of carbonyl (C=O) groups is 1. The number of hydrogen-bond acceptors (Lipinski definition) is 4. The first-order chi connectivity index (χ1) is 12.9. The molecule has 0 saturated carbocycles. The third-order valence-corrected chi connectivity index (χ3v) is 4.32. The normalized spacial score (nSPS) is 10.9. The lowest BCUT2D eigenvalue weighted by Crippen LogP contribution is -2.23. The summed E-state index contributed by atoms with van der Waals surface area (Å²) in [5.74, 6) is 5.16. The van der Waals surface area contributed by atoms with Crippen LogP contribution in [0.5, 0.6) is 5.75 Å². The van der Waals surface area contributed by atoms with Crippen LogP contribution >= 0.6 is 11.3 Å². The topological polar surface area (TPSA) is 51.2 Å². The highest BCUT2D eigenvalue weighted by atomic mass is 32.1. The second kappa shape index (κ2) is 8.10. The summed E-state index contributed by atoms with van der Waals surface area (Å²) in [6.45, 7) is 0.0233. The van der Waals surface area contributed by atoms with Gasteiger partial charge in [0.1, 0.15) is 12.4 Å². The summed E-state index contributed by atoms with van der Waals surface area (Å²) in [4.78, 5) is 16.2. The molecule has 0 aliphatic rings. The molecule has 3 aromatic rings. The Hall–Kier alpha value is -3.05. The van der Waals surface area contributed by atoms with E-state index < -0.39 is 11.7 Å². The number of nitrogens with zero attached hydrogens (tertiary/aromatic N) is 1. The van der Waals surface area contributed by atoms with Gasteiger partial charge in [-0.05, 0) is 36.4 Å². The second-order valence-electron chi connectivity index (χ2n) is 5.39. The molecule has 0 aliphatic heterocycles. The molecule has 0 bridgehead atoms. The first-order valence-corrected chi connectivity index (χ1v) is 8.69. The van der Waals surface area contributed by atoms with Gasteiger partial charge in [-0.2, -0.15) is 13.2 Å². The fourth-order valence-corrected chi connectivity index (χ4v) is 2.93. The number of alkyl halides is 3. The lowest BCUT2D eigenvalue weighted by molar-refractivity contribution is -0.137. The number of amides is 1. The summed E-state index contributed by atoms with van der Waals surface area (Å²) in [6.07, 6.45) is -4.42. The van der Waals surface area contributed by atoms with Crippen molar-refractivity contribution in [1.29, 1.82) is 0 Å². The number of fused-ring (bicyclic) bond motifs is 1. The second-order valence-corrected chi connectivity index (χ2v) is 6.27. The van der Waals surface area contributed by atoms with E-state index >= 15 is 0 Å². The monoisotopic (exact) mass is 390 g/mol. The standard InChI is InChI=1S/C19H13F3N2O2S/c20-19(21,22)14-4-3-5-15(11-14)26-9-2-1-8-23-18(25)13-6-7-16-17(10-13)27-12-24-16/h3-7,10-12H,8-9H2,(H,23,25). The number of ether oxygens (including phenoxy) is 1. The molecule has 1 amide bonds. The molecular weight excluding hydrogens is 377 g/mol. The molecule has 138 valence electrons. The molecule has 2 aromatic carbocycles. The number of rotatable bonds is 4. The molecule has 3 rings (SSSR count). The van der Waals surface area contributed by atoms with E-state index in [1.54, 1.807) is 23.7 Å². The maximum atomic E-state index is 12.6. The molecule has 0 unspecified atom stereocenters. The summed E-state index contributed by atoms with van der Waals surface area (Å²) in [5.41, 5.74) is 2.28. The Labute approximate surface area is 157 Å². The summed E-state index contributed by atoms with van der Waals surface area (Å²) in [7, 11) is 0. The maximum absolute atomic E-state index is 12.6. The van der Waals surface area contributed by atoms with Crippen LogP contribution in [0.2, 0.25) is 0 Å². The first-order valence-electron chi connectivity index (χ1n) is 7.81. The molecule has 27 heavy (non-hydrogen) atoms. The summed E-state index contributed by atoms with van der Waals surface area (Å²) in [5, 5.41) is 2.65. The van der Waals surface area contributed by atoms with Gasteiger partial charge in [-0.1, -0.05) is 17.9 Å². The van der Waals surface area contributed by atoms with Crippen molar-refractivity contribution < 1.29 is 22.7 Å². The van der Waals surface area contributed by atoms with Crippen molar-refractivity contribution in [2.24, 2.45) is 0 Å². The van der Waals surface area contributed by atoms with Crippen LogP contribution in [0.4, 0.5) is 13.2 Å². The molecule has 0 radical (unpaired) electrons. The van der Waals surface area contributed by atoms with Crippen LogP contribution in [0.1, 0.15) is 15.9 Å². The number of hydrogen-bond donors (Lipinski definition) is 1. The van der Waals surface area contributed by atoms with Crippen LogP contribution in [-0.4, -0.2) is 24.0 Å². The van der Waals surface area contributed by atoms with E-state index in [0.717, 1.165) is 22.3 Å². The van der Waals surface area contributed by atoms with E-state index in [9.17, 15) is 18.0 Å². The zero-order valence-electron chi connectivity index (χ0n) is 13.8. The largest absolute Gasteiger partial charge is 0.481 e. The Morgan fingerprint density at radius 2 is 2.04 bits per heavy atom. The highest BCUT2D eigenvalue weighted by molar-refractivity contribution is 7.16. The van der Waals surface area contributed by atoms with Crippen molar-refractivity contribution in [3.8, 4) is 17.6 Å². The van der Waals surface area contributed by atoms with Gasteiger partial charge < -0.3 is 10.1 Å². The van der Waals surface area contributed by atoms with Crippen LogP contribution in [0.25, 0.3) is 10.2 Å². The minimum atomic E-state index is -4.42. The van der Waals surface area contributed by atoms with Crippen molar-refractivity contribution in [2.75, 3.05) is 13.2 Å². The molecule has 8 heteroatoms. The summed E-state index contributed by atoms with van der Waals surface area (Å²) in [6, 6.07) is 9.79. The van der Waals surface area contributed by atoms with E-state index in [1.807, 2.05) is 0 Å². The van der Waals surface area contributed by atoms with Gasteiger partial charge in [0, 0.05) is 5.56 Å². The molecule has 1 aromatic heterocycles. The van der Waals surface area contributed by atoms with Gasteiger partial charge in [0.2, 0.25) is 0 Å². The van der Waals surface area contributed by atoms with Gasteiger partial charge in [-0.3, -0.25) is 4.79 Å². The van der Waals surface area contributed by atoms with Crippen LogP contribution < -0.4 is 10.1 Å². The fraction of sp³-hybridized carbons (Fsp3) is 0.158. The smallest absolute Gasteiger partial charge is 0.416 e. The van der Waals surface area contributed by atoms with Gasteiger partial charge in [-0.25, -0.2) is 4.98 Å². The Bertz CT molecular complexity index is 1020. The lowest BCUT2D eigenvalue weighted by Gasteiger charge is -2.08. The molecule has 0 fully saturated rings. The number of thiazole rings is 1. The minimum Gasteiger partial charge on any atom is -0.481 e. The Morgan fingerprint density at radius 1 is 1.19 bits per heavy atom. The molecule has 0 saturated heterocycles. The van der Waals surface area contributed by atoms with Gasteiger partial charge in [-0.15, -0.1) is 11.3 Å². The zero-order chi connectivity index (χ0) is 19.3. The van der Waals surface area contributed by atoms with E-state index in [2.05, 4.69) is 22.1 Å². The molecule has 0 atom stereocenters. The predicted octanol–water partition coefficient (Wildman–Crippen LogP) is 4.13. The SMILES string of the molecule is O=C(NCC#CCOc1cccc(C(F)(F)F)c1)c1ccc2ncsc2c1. The van der Waals surface area contributed by atoms with Gasteiger partial charge in [0.05, 0.1) is 27.8 Å². The van der Waals surface area contributed by atoms with E-state index in [-0.39, 0.29) is 24.8 Å². The van der Waals surface area contributed by atoms with E-state index in [0.29, 0.717) is 5.56 Å². The molecule has 1 N–H and O–H groups in total. The Morgan fingerprint density at radius 3 is 2.85 bits per heavy atom. The van der Waals surface area contributed by atoms with Crippen molar-refractivity contribution in [2.45, 2.75) is 6.18 Å². The lowest BCUT2D eigenvalue weighted by atomic mass is 10.2. The molecule has 1 heterocycles. The van der Waals surface area contributed by atoms with Gasteiger partial charge >= 0.3 is 6.18 Å². The third-order valence-electron chi connectivity index (χ3n) is 3.53. The number of carbonyl (C=O) groups excluding carboxylic acids is 1. The van der Waals surface area contributed by atoms with Crippen LogP contribution in [-0.2, 0) is 6.18 Å². The van der Waals surface area contributed by atoms with Crippen LogP contribution in [0.15, 0.2) is 48.0 Å². The maximum Gasteiger partial charge on any atom is 0.416 e. The molecule has 4 nitrogen and oxygen atoms in total.